The molecule has 29 heavy (non-hydrogen) atoms. The second-order valence-electron chi connectivity index (χ2n) is 7.05. The number of halogens is 1. The van der Waals surface area contributed by atoms with E-state index in [0.29, 0.717) is 5.69 Å². The van der Waals surface area contributed by atoms with Crippen molar-refractivity contribution in [2.45, 2.75) is 20.3 Å². The summed E-state index contributed by atoms with van der Waals surface area (Å²) in [6.45, 7) is 4.21. The molecule has 0 heterocycles. The summed E-state index contributed by atoms with van der Waals surface area (Å²) in [5, 5.41) is 12.1. The SMILES string of the molecule is Cc1cc(C)cc(Cc2ccc(/C=C(\C#N)C(=O)Nc3ccc(Br)cc3)cc2)c1. The number of nitrogens with one attached hydrogen (secondary N) is 1. The molecule has 0 bridgehead atoms. The Kier molecular flexibility index (Phi) is 6.64. The molecule has 1 amide bonds. The fourth-order valence-electron chi connectivity index (χ4n) is 3.19. The van der Waals surface area contributed by atoms with Gasteiger partial charge in [-0.25, -0.2) is 0 Å². The van der Waals surface area contributed by atoms with Crippen LogP contribution in [0.2, 0.25) is 0 Å². The van der Waals surface area contributed by atoms with Gasteiger partial charge in [-0.05, 0) is 67.3 Å². The Labute approximate surface area is 179 Å². The van der Waals surface area contributed by atoms with Crippen molar-refractivity contribution in [2.75, 3.05) is 5.32 Å². The van der Waals surface area contributed by atoms with E-state index in [-0.39, 0.29) is 5.57 Å². The number of amides is 1. The van der Waals surface area contributed by atoms with Crippen molar-refractivity contribution in [3.05, 3.63) is 105 Å². The molecule has 0 saturated heterocycles. The summed E-state index contributed by atoms with van der Waals surface area (Å²) in [6, 6.07) is 23.7. The second-order valence-corrected chi connectivity index (χ2v) is 7.96. The van der Waals surface area contributed by atoms with Crippen LogP contribution in [0.15, 0.2) is 76.8 Å². The lowest BCUT2D eigenvalue weighted by Gasteiger charge is -2.07. The summed E-state index contributed by atoms with van der Waals surface area (Å²) in [5.74, 6) is -0.422. The van der Waals surface area contributed by atoms with Crippen LogP contribution in [0.4, 0.5) is 5.69 Å². The monoisotopic (exact) mass is 444 g/mol. The van der Waals surface area contributed by atoms with Gasteiger partial charge in [0.05, 0.1) is 0 Å². The average Bonchev–Trinajstić information content (AvgIpc) is 2.68. The number of carbonyl (C=O) groups excluding carboxylic acids is 1. The number of aryl methyl sites for hydroxylation is 2. The van der Waals surface area contributed by atoms with Gasteiger partial charge in [0.1, 0.15) is 11.6 Å². The van der Waals surface area contributed by atoms with E-state index in [4.69, 9.17) is 0 Å². The Bertz CT molecular complexity index is 1070. The molecule has 0 unspecified atom stereocenters. The highest BCUT2D eigenvalue weighted by Gasteiger charge is 2.09. The zero-order valence-corrected chi connectivity index (χ0v) is 18.0. The van der Waals surface area contributed by atoms with Crippen LogP contribution in [-0.2, 0) is 11.2 Å². The van der Waals surface area contributed by atoms with E-state index < -0.39 is 5.91 Å². The molecule has 0 atom stereocenters. The van der Waals surface area contributed by atoms with Crippen molar-refractivity contribution in [3.63, 3.8) is 0 Å². The number of benzene rings is 3. The van der Waals surface area contributed by atoms with Gasteiger partial charge >= 0.3 is 0 Å². The molecule has 0 aromatic heterocycles. The van der Waals surface area contributed by atoms with Crippen molar-refractivity contribution in [1.29, 1.82) is 5.26 Å². The van der Waals surface area contributed by atoms with Crippen LogP contribution in [0.5, 0.6) is 0 Å². The highest BCUT2D eigenvalue weighted by atomic mass is 79.9. The summed E-state index contributed by atoms with van der Waals surface area (Å²) in [7, 11) is 0. The highest BCUT2D eigenvalue weighted by molar-refractivity contribution is 9.10. The third kappa shape index (κ3) is 5.91. The van der Waals surface area contributed by atoms with Crippen LogP contribution in [0.1, 0.15) is 27.8 Å². The van der Waals surface area contributed by atoms with E-state index in [1.165, 1.54) is 22.3 Å². The molecule has 144 valence electrons. The molecule has 0 aliphatic carbocycles. The van der Waals surface area contributed by atoms with Crippen molar-refractivity contribution in [3.8, 4) is 6.07 Å². The number of rotatable bonds is 5. The van der Waals surface area contributed by atoms with Crippen LogP contribution < -0.4 is 5.32 Å². The molecule has 3 aromatic carbocycles. The molecule has 0 aliphatic heterocycles. The largest absolute Gasteiger partial charge is 0.321 e. The van der Waals surface area contributed by atoms with Crippen LogP contribution in [0, 0.1) is 25.2 Å². The number of hydrogen-bond donors (Lipinski definition) is 1. The van der Waals surface area contributed by atoms with E-state index in [1.807, 2.05) is 42.5 Å². The molecule has 3 rings (SSSR count). The smallest absolute Gasteiger partial charge is 0.266 e. The van der Waals surface area contributed by atoms with Crippen LogP contribution in [0.25, 0.3) is 6.08 Å². The molecule has 0 spiro atoms. The van der Waals surface area contributed by atoms with Gasteiger partial charge in [0.15, 0.2) is 0 Å². The minimum Gasteiger partial charge on any atom is -0.321 e. The molecule has 3 aromatic rings. The van der Waals surface area contributed by atoms with E-state index in [1.54, 1.807) is 18.2 Å². The first-order valence-electron chi connectivity index (χ1n) is 9.28. The summed E-state index contributed by atoms with van der Waals surface area (Å²) in [4.78, 5) is 12.4. The molecule has 1 N–H and O–H groups in total. The molecule has 0 radical (unpaired) electrons. The molecule has 4 heteroatoms. The average molecular weight is 445 g/mol. The zero-order chi connectivity index (χ0) is 20.8. The Morgan fingerprint density at radius 1 is 0.966 bits per heavy atom. The van der Waals surface area contributed by atoms with Gasteiger partial charge in [-0.2, -0.15) is 5.26 Å². The Balaban J connectivity index is 1.71. The summed E-state index contributed by atoms with van der Waals surface area (Å²) in [5.41, 5.74) is 6.50. The Hall–Kier alpha value is -3.16. The van der Waals surface area contributed by atoms with Gasteiger partial charge in [-0.3, -0.25) is 4.79 Å². The van der Waals surface area contributed by atoms with Crippen molar-refractivity contribution in [1.82, 2.24) is 0 Å². The third-order valence-corrected chi connectivity index (χ3v) is 4.98. The maximum Gasteiger partial charge on any atom is 0.266 e. The van der Waals surface area contributed by atoms with Crippen molar-refractivity contribution in [2.24, 2.45) is 0 Å². The summed E-state index contributed by atoms with van der Waals surface area (Å²) in [6.07, 6.45) is 2.45. The maximum atomic E-state index is 12.4. The normalized spacial score (nSPS) is 11.0. The predicted molar refractivity (Wildman–Crippen MR) is 122 cm³/mol. The van der Waals surface area contributed by atoms with E-state index in [2.05, 4.69) is 53.3 Å². The first kappa shape index (κ1) is 20.6. The molecule has 0 aliphatic rings. The van der Waals surface area contributed by atoms with Crippen LogP contribution >= 0.6 is 15.9 Å². The van der Waals surface area contributed by atoms with Gasteiger partial charge in [0, 0.05) is 10.2 Å². The van der Waals surface area contributed by atoms with Gasteiger partial charge in [-0.15, -0.1) is 0 Å². The zero-order valence-electron chi connectivity index (χ0n) is 16.4. The highest BCUT2D eigenvalue weighted by Crippen LogP contribution is 2.17. The molecular formula is C25H21BrN2O. The fraction of sp³-hybridized carbons (Fsp3) is 0.120. The number of nitriles is 1. The lowest BCUT2D eigenvalue weighted by Crippen LogP contribution is -2.13. The second kappa shape index (κ2) is 9.36. The predicted octanol–water partition coefficient (Wildman–Crippen LogP) is 6.20. The van der Waals surface area contributed by atoms with Crippen LogP contribution in [-0.4, -0.2) is 5.91 Å². The Morgan fingerprint density at radius 2 is 1.59 bits per heavy atom. The Morgan fingerprint density at radius 3 is 2.17 bits per heavy atom. The summed E-state index contributed by atoms with van der Waals surface area (Å²) >= 11 is 3.36. The van der Waals surface area contributed by atoms with Gasteiger partial charge in [-0.1, -0.05) is 69.5 Å². The molecular weight excluding hydrogens is 424 g/mol. The number of hydrogen-bond acceptors (Lipinski definition) is 2. The minimum absolute atomic E-state index is 0.0648. The number of carbonyl (C=O) groups is 1. The van der Waals surface area contributed by atoms with Crippen molar-refractivity contribution < 1.29 is 4.79 Å². The van der Waals surface area contributed by atoms with Crippen LogP contribution in [0.3, 0.4) is 0 Å². The first-order chi connectivity index (χ1) is 13.9. The maximum absolute atomic E-state index is 12.4. The van der Waals surface area contributed by atoms with E-state index in [0.717, 1.165) is 16.5 Å². The van der Waals surface area contributed by atoms with Gasteiger partial charge < -0.3 is 5.32 Å². The molecule has 3 nitrogen and oxygen atoms in total. The lowest BCUT2D eigenvalue weighted by molar-refractivity contribution is -0.112. The number of nitrogens with zero attached hydrogens (tertiary/aromatic N) is 1. The topological polar surface area (TPSA) is 52.9 Å². The minimum atomic E-state index is -0.422. The summed E-state index contributed by atoms with van der Waals surface area (Å²) < 4.78 is 0.924. The van der Waals surface area contributed by atoms with Crippen molar-refractivity contribution >= 4 is 33.6 Å². The quantitative estimate of drug-likeness (QED) is 0.375. The molecule has 0 fully saturated rings. The first-order valence-corrected chi connectivity index (χ1v) is 10.1. The lowest BCUT2D eigenvalue weighted by atomic mass is 9.99. The van der Waals surface area contributed by atoms with E-state index in [9.17, 15) is 10.1 Å². The number of anilines is 1. The molecule has 0 saturated carbocycles. The standard InChI is InChI=1S/C25H21BrN2O/c1-17-11-18(2)13-21(12-17)14-19-3-5-20(6-4-19)15-22(16-27)25(29)28-24-9-7-23(26)8-10-24/h3-13,15H,14H2,1-2H3,(H,28,29)/b22-15+. The van der Waals surface area contributed by atoms with Gasteiger partial charge in [0.2, 0.25) is 0 Å². The van der Waals surface area contributed by atoms with E-state index >= 15 is 0 Å². The fourth-order valence-corrected chi connectivity index (χ4v) is 3.45. The third-order valence-electron chi connectivity index (χ3n) is 4.45. The van der Waals surface area contributed by atoms with Gasteiger partial charge in [0.25, 0.3) is 5.91 Å².